The number of rotatable bonds is 6. The van der Waals surface area contributed by atoms with E-state index >= 15 is 0 Å². The van der Waals surface area contributed by atoms with Crippen LogP contribution in [0.15, 0.2) is 12.7 Å². The highest BCUT2D eigenvalue weighted by atomic mass is 32.2. The molecule has 0 aliphatic rings. The van der Waals surface area contributed by atoms with Crippen LogP contribution in [0.1, 0.15) is 6.92 Å². The van der Waals surface area contributed by atoms with Crippen molar-refractivity contribution in [3.63, 3.8) is 0 Å². The highest BCUT2D eigenvalue weighted by Crippen LogP contribution is 2.21. The van der Waals surface area contributed by atoms with E-state index in [1.54, 1.807) is 0 Å². The summed E-state index contributed by atoms with van der Waals surface area (Å²) >= 11 is 0.945. The number of alkyl halides is 2. The number of thioether (sulfide) groups is 1. The Bertz CT molecular complexity index is 183. The van der Waals surface area contributed by atoms with Crippen molar-refractivity contribution < 1.29 is 18.3 Å². The topological polar surface area (TPSA) is 26.3 Å². The van der Waals surface area contributed by atoms with Crippen molar-refractivity contribution in [3.8, 4) is 0 Å². The van der Waals surface area contributed by atoms with Gasteiger partial charge in [-0.25, -0.2) is 4.79 Å². The van der Waals surface area contributed by atoms with Gasteiger partial charge >= 0.3 is 11.9 Å². The first-order valence-electron chi connectivity index (χ1n) is 3.78. The zero-order valence-corrected chi connectivity index (χ0v) is 8.20. The molecule has 0 atom stereocenters. The summed E-state index contributed by atoms with van der Waals surface area (Å²) in [7, 11) is 0. The van der Waals surface area contributed by atoms with Crippen LogP contribution in [0.5, 0.6) is 0 Å². The third-order valence-corrected chi connectivity index (χ3v) is 2.13. The summed E-state index contributed by atoms with van der Waals surface area (Å²) in [4.78, 5) is 10.6. The van der Waals surface area contributed by atoms with Crippen LogP contribution >= 0.6 is 11.8 Å². The highest BCUT2D eigenvalue weighted by molar-refractivity contribution is 7.99. The van der Waals surface area contributed by atoms with E-state index in [0.29, 0.717) is 5.75 Å². The van der Waals surface area contributed by atoms with Crippen LogP contribution in [-0.2, 0) is 9.53 Å². The molecule has 13 heavy (non-hydrogen) atoms. The lowest BCUT2D eigenvalue weighted by molar-refractivity contribution is -0.167. The van der Waals surface area contributed by atoms with Gasteiger partial charge in [-0.05, 0) is 6.92 Å². The lowest BCUT2D eigenvalue weighted by Gasteiger charge is -2.13. The van der Waals surface area contributed by atoms with Gasteiger partial charge in [-0.15, -0.1) is 6.58 Å². The third kappa shape index (κ3) is 4.87. The molecule has 0 aromatic rings. The Labute approximate surface area is 80.3 Å². The van der Waals surface area contributed by atoms with E-state index in [1.165, 1.54) is 13.0 Å². The first-order valence-corrected chi connectivity index (χ1v) is 4.93. The van der Waals surface area contributed by atoms with Crippen molar-refractivity contribution in [1.29, 1.82) is 0 Å². The molecule has 76 valence electrons. The summed E-state index contributed by atoms with van der Waals surface area (Å²) in [5.41, 5.74) is 0. The van der Waals surface area contributed by atoms with Crippen molar-refractivity contribution in [2.24, 2.45) is 0 Å². The number of carbonyl (C=O) groups is 1. The first-order chi connectivity index (χ1) is 6.04. The molecule has 0 heterocycles. The van der Waals surface area contributed by atoms with Gasteiger partial charge in [0, 0.05) is 5.75 Å². The molecule has 0 unspecified atom stereocenters. The number of hydrogen-bond acceptors (Lipinski definition) is 3. The van der Waals surface area contributed by atoms with Crippen molar-refractivity contribution in [2.75, 3.05) is 18.1 Å². The molecule has 0 saturated heterocycles. The molecule has 0 bridgehead atoms. The second kappa shape index (κ2) is 5.96. The normalized spacial score (nSPS) is 11.0. The number of halogens is 2. The Morgan fingerprint density at radius 3 is 2.77 bits per heavy atom. The second-order valence-electron chi connectivity index (χ2n) is 2.23. The largest absolute Gasteiger partial charge is 0.462 e. The molecule has 0 fully saturated rings. The van der Waals surface area contributed by atoms with Crippen LogP contribution in [0, 0.1) is 0 Å². The summed E-state index contributed by atoms with van der Waals surface area (Å²) in [6.07, 6.45) is 1.51. The van der Waals surface area contributed by atoms with Crippen LogP contribution < -0.4 is 0 Å². The fourth-order valence-electron chi connectivity index (χ4n) is 0.566. The summed E-state index contributed by atoms with van der Waals surface area (Å²) in [6.45, 7) is 4.84. The summed E-state index contributed by atoms with van der Waals surface area (Å²) in [6, 6.07) is 0. The minimum Gasteiger partial charge on any atom is -0.462 e. The number of esters is 1. The van der Waals surface area contributed by atoms with Gasteiger partial charge in [-0.2, -0.15) is 20.5 Å². The molecule has 0 amide bonds. The lowest BCUT2D eigenvalue weighted by Crippen LogP contribution is -2.33. The molecule has 0 aliphatic carbocycles. The molecule has 0 radical (unpaired) electrons. The quantitative estimate of drug-likeness (QED) is 0.381. The molecule has 0 aromatic carbocycles. The standard InChI is InChI=1S/C8H12F2O2S/c1-3-5-13-6-8(9,10)7(11)12-4-2/h3H,1,4-6H2,2H3. The second-order valence-corrected chi connectivity index (χ2v) is 3.26. The summed E-state index contributed by atoms with van der Waals surface area (Å²) in [5, 5.41) is 0. The van der Waals surface area contributed by atoms with E-state index in [-0.39, 0.29) is 6.61 Å². The fraction of sp³-hybridized carbons (Fsp3) is 0.625. The molecule has 2 nitrogen and oxygen atoms in total. The number of hydrogen-bond donors (Lipinski definition) is 0. The summed E-state index contributed by atoms with van der Waals surface area (Å²) in [5.74, 6) is -5.00. The predicted octanol–water partition coefficient (Wildman–Crippen LogP) is 2.10. The predicted molar refractivity (Wildman–Crippen MR) is 49.1 cm³/mol. The van der Waals surface area contributed by atoms with Crippen LogP contribution in [0.4, 0.5) is 8.78 Å². The Hall–Kier alpha value is -0.580. The maximum Gasteiger partial charge on any atom is 0.377 e. The summed E-state index contributed by atoms with van der Waals surface area (Å²) < 4.78 is 29.8. The van der Waals surface area contributed by atoms with Gasteiger partial charge < -0.3 is 4.74 Å². The monoisotopic (exact) mass is 210 g/mol. The Morgan fingerprint density at radius 1 is 1.69 bits per heavy atom. The van der Waals surface area contributed by atoms with Crippen LogP contribution in [0.3, 0.4) is 0 Å². The van der Waals surface area contributed by atoms with Crippen molar-refractivity contribution in [2.45, 2.75) is 12.8 Å². The van der Waals surface area contributed by atoms with Crippen molar-refractivity contribution in [3.05, 3.63) is 12.7 Å². The van der Waals surface area contributed by atoms with Crippen LogP contribution in [0.25, 0.3) is 0 Å². The lowest BCUT2D eigenvalue weighted by atomic mass is 10.4. The molecular formula is C8H12F2O2S. The molecule has 0 N–H and O–H groups in total. The molecule has 0 rings (SSSR count). The van der Waals surface area contributed by atoms with Gasteiger partial charge in [0.05, 0.1) is 12.4 Å². The van der Waals surface area contributed by atoms with Crippen LogP contribution in [-0.4, -0.2) is 30.0 Å². The van der Waals surface area contributed by atoms with Gasteiger partial charge in [0.25, 0.3) is 0 Å². The van der Waals surface area contributed by atoms with Crippen molar-refractivity contribution in [1.82, 2.24) is 0 Å². The Kier molecular flexibility index (Phi) is 5.70. The van der Waals surface area contributed by atoms with Crippen LogP contribution in [0.2, 0.25) is 0 Å². The van der Waals surface area contributed by atoms with Gasteiger partial charge in [-0.1, -0.05) is 6.08 Å². The molecule has 0 saturated carbocycles. The van der Waals surface area contributed by atoms with Gasteiger partial charge in [0.15, 0.2) is 0 Å². The van der Waals surface area contributed by atoms with Gasteiger partial charge in [0.1, 0.15) is 0 Å². The number of ether oxygens (including phenoxy) is 1. The maximum atomic E-state index is 12.8. The van der Waals surface area contributed by atoms with E-state index in [0.717, 1.165) is 11.8 Å². The Balaban J connectivity index is 3.90. The Morgan fingerprint density at radius 2 is 2.31 bits per heavy atom. The zero-order chi connectivity index (χ0) is 10.3. The van der Waals surface area contributed by atoms with E-state index < -0.39 is 17.6 Å². The van der Waals surface area contributed by atoms with Gasteiger partial charge in [0.2, 0.25) is 0 Å². The van der Waals surface area contributed by atoms with E-state index in [9.17, 15) is 13.6 Å². The molecule has 0 aromatic heterocycles. The third-order valence-electron chi connectivity index (χ3n) is 1.09. The minimum absolute atomic E-state index is 0.0272. The molecule has 0 aliphatic heterocycles. The SMILES string of the molecule is C=CCSCC(F)(F)C(=O)OCC. The van der Waals surface area contributed by atoms with E-state index in [4.69, 9.17) is 0 Å². The molecular weight excluding hydrogens is 198 g/mol. The fourth-order valence-corrected chi connectivity index (χ4v) is 1.22. The molecule has 5 heteroatoms. The zero-order valence-electron chi connectivity index (χ0n) is 7.39. The number of carbonyl (C=O) groups excluding carboxylic acids is 1. The highest BCUT2D eigenvalue weighted by Gasteiger charge is 2.39. The van der Waals surface area contributed by atoms with E-state index in [1.807, 2.05) is 0 Å². The van der Waals surface area contributed by atoms with E-state index in [2.05, 4.69) is 11.3 Å². The average Bonchev–Trinajstić information content (AvgIpc) is 2.05. The molecule has 0 spiro atoms. The minimum atomic E-state index is -3.39. The van der Waals surface area contributed by atoms with Gasteiger partial charge in [-0.3, -0.25) is 0 Å². The maximum absolute atomic E-state index is 12.8. The average molecular weight is 210 g/mol. The smallest absolute Gasteiger partial charge is 0.377 e. The first kappa shape index (κ1) is 12.4. The van der Waals surface area contributed by atoms with Crippen molar-refractivity contribution >= 4 is 17.7 Å².